The highest BCUT2D eigenvalue weighted by Crippen LogP contribution is 2.06. The van der Waals surface area contributed by atoms with Crippen molar-refractivity contribution in [3.05, 3.63) is 0 Å². The summed E-state index contributed by atoms with van der Waals surface area (Å²) in [6, 6.07) is 0. The molecule has 0 heterocycles. The first-order chi connectivity index (χ1) is 6.81. The number of hydrogen-bond donors (Lipinski definition) is 2. The van der Waals surface area contributed by atoms with Gasteiger partial charge in [0.2, 0.25) is 0 Å². The summed E-state index contributed by atoms with van der Waals surface area (Å²) in [5.74, 6) is 1.48. The van der Waals surface area contributed by atoms with Crippen molar-refractivity contribution in [3.8, 4) is 0 Å². The van der Waals surface area contributed by atoms with Crippen LogP contribution >= 0.6 is 25.3 Å². The minimum absolute atomic E-state index is 0.0896. The molecule has 0 fully saturated rings. The van der Waals surface area contributed by atoms with Gasteiger partial charge >= 0.3 is 5.97 Å². The third kappa shape index (κ3) is 10.3. The zero-order valence-corrected chi connectivity index (χ0v) is 10.4. The Bertz CT molecular complexity index is 140. The molecule has 0 saturated heterocycles. The van der Waals surface area contributed by atoms with Gasteiger partial charge in [0, 0.05) is 12.2 Å². The summed E-state index contributed by atoms with van der Waals surface area (Å²) < 4.78 is 4.89. The second kappa shape index (κ2) is 11.2. The molecule has 0 aliphatic rings. The number of carbonyl (C=O) groups excluding carboxylic acids is 1. The summed E-state index contributed by atoms with van der Waals surface area (Å²) in [7, 11) is 0. The molecule has 4 heteroatoms. The summed E-state index contributed by atoms with van der Waals surface area (Å²) in [6.45, 7) is 0.432. The van der Waals surface area contributed by atoms with E-state index in [4.69, 9.17) is 4.74 Å². The van der Waals surface area contributed by atoms with Crippen LogP contribution in [0.25, 0.3) is 0 Å². The molecule has 0 atom stereocenters. The van der Waals surface area contributed by atoms with Gasteiger partial charge in [0.25, 0.3) is 0 Å². The Hall–Kier alpha value is 0.170. The van der Waals surface area contributed by atoms with Crippen LogP contribution in [0, 0.1) is 0 Å². The van der Waals surface area contributed by atoms with Gasteiger partial charge in [0.05, 0.1) is 0 Å². The number of unbranched alkanes of at least 4 members (excludes halogenated alkanes) is 4. The van der Waals surface area contributed by atoms with Crippen LogP contribution in [0.2, 0.25) is 0 Å². The van der Waals surface area contributed by atoms with E-state index in [1.807, 2.05) is 0 Å². The van der Waals surface area contributed by atoms with Gasteiger partial charge in [-0.2, -0.15) is 25.3 Å². The summed E-state index contributed by atoms with van der Waals surface area (Å²) in [6.07, 6.45) is 6.19. The van der Waals surface area contributed by atoms with Gasteiger partial charge in [-0.3, -0.25) is 4.79 Å². The SMILES string of the molecule is O=C(CCCCCCCS)OCCS. The molecule has 0 spiro atoms. The quantitative estimate of drug-likeness (QED) is 0.366. The van der Waals surface area contributed by atoms with Crippen molar-refractivity contribution in [1.29, 1.82) is 0 Å². The molecule has 84 valence electrons. The zero-order valence-electron chi connectivity index (χ0n) is 8.57. The summed E-state index contributed by atoms with van der Waals surface area (Å²) >= 11 is 8.09. The van der Waals surface area contributed by atoms with E-state index in [2.05, 4.69) is 25.3 Å². The summed E-state index contributed by atoms with van der Waals surface area (Å²) in [5, 5.41) is 0. The van der Waals surface area contributed by atoms with Crippen molar-refractivity contribution < 1.29 is 9.53 Å². The third-order valence-electron chi connectivity index (χ3n) is 1.89. The Kier molecular flexibility index (Phi) is 11.4. The van der Waals surface area contributed by atoms with Crippen molar-refractivity contribution in [2.75, 3.05) is 18.1 Å². The van der Waals surface area contributed by atoms with Crippen LogP contribution in [0.15, 0.2) is 0 Å². The Balaban J connectivity index is 3.07. The fourth-order valence-corrected chi connectivity index (χ4v) is 1.46. The average molecular weight is 236 g/mol. The molecule has 0 rings (SSSR count). The number of rotatable bonds is 9. The molecule has 0 amide bonds. The van der Waals surface area contributed by atoms with Gasteiger partial charge in [0.15, 0.2) is 0 Å². The monoisotopic (exact) mass is 236 g/mol. The van der Waals surface area contributed by atoms with E-state index in [9.17, 15) is 4.79 Å². The van der Waals surface area contributed by atoms with Crippen LogP contribution in [0.3, 0.4) is 0 Å². The average Bonchev–Trinajstić information content (AvgIpc) is 2.20. The summed E-state index contributed by atoms with van der Waals surface area (Å²) in [5.41, 5.74) is 0. The van der Waals surface area contributed by atoms with E-state index in [0.29, 0.717) is 18.8 Å². The molecule has 0 saturated carbocycles. The van der Waals surface area contributed by atoms with Gasteiger partial charge in [-0.1, -0.05) is 19.3 Å². The lowest BCUT2D eigenvalue weighted by molar-refractivity contribution is -0.143. The minimum atomic E-state index is -0.0896. The maximum atomic E-state index is 11.0. The highest BCUT2D eigenvalue weighted by atomic mass is 32.1. The molecule has 0 N–H and O–H groups in total. The second-order valence-electron chi connectivity index (χ2n) is 3.19. The minimum Gasteiger partial charge on any atom is -0.465 e. The maximum absolute atomic E-state index is 11.0. The van der Waals surface area contributed by atoms with Gasteiger partial charge in [-0.05, 0) is 18.6 Å². The lowest BCUT2D eigenvalue weighted by Crippen LogP contribution is -2.06. The first kappa shape index (κ1) is 14.2. The smallest absolute Gasteiger partial charge is 0.305 e. The number of carbonyl (C=O) groups is 1. The fourth-order valence-electron chi connectivity index (χ4n) is 1.14. The van der Waals surface area contributed by atoms with Gasteiger partial charge in [-0.25, -0.2) is 0 Å². The van der Waals surface area contributed by atoms with E-state index in [1.54, 1.807) is 0 Å². The van der Waals surface area contributed by atoms with Crippen LogP contribution in [0.5, 0.6) is 0 Å². The Morgan fingerprint density at radius 3 is 2.21 bits per heavy atom. The van der Waals surface area contributed by atoms with Gasteiger partial charge < -0.3 is 4.74 Å². The van der Waals surface area contributed by atoms with Crippen LogP contribution in [0.1, 0.15) is 38.5 Å². The van der Waals surface area contributed by atoms with Crippen LogP contribution in [-0.2, 0) is 9.53 Å². The highest BCUT2D eigenvalue weighted by Gasteiger charge is 2.00. The number of ether oxygens (including phenoxy) is 1. The Labute approximate surface area is 97.6 Å². The fraction of sp³-hybridized carbons (Fsp3) is 0.900. The van der Waals surface area contributed by atoms with E-state index >= 15 is 0 Å². The summed E-state index contributed by atoms with van der Waals surface area (Å²) in [4.78, 5) is 11.0. The maximum Gasteiger partial charge on any atom is 0.305 e. The zero-order chi connectivity index (χ0) is 10.6. The molecule has 0 aliphatic carbocycles. The Morgan fingerprint density at radius 1 is 0.929 bits per heavy atom. The molecular formula is C10H20O2S2. The normalized spacial score (nSPS) is 10.1. The standard InChI is InChI=1S/C10H20O2S2/c11-10(12-7-9-14)6-4-2-1-3-5-8-13/h13-14H,1-9H2. The lowest BCUT2D eigenvalue weighted by atomic mass is 10.1. The first-order valence-corrected chi connectivity index (χ1v) is 6.45. The predicted molar refractivity (Wildman–Crippen MR) is 66.4 cm³/mol. The van der Waals surface area contributed by atoms with Gasteiger partial charge in [-0.15, -0.1) is 0 Å². The molecule has 0 aromatic rings. The van der Waals surface area contributed by atoms with E-state index in [0.717, 1.165) is 18.6 Å². The molecule has 0 aromatic heterocycles. The second-order valence-corrected chi connectivity index (χ2v) is 4.08. The Morgan fingerprint density at radius 2 is 1.57 bits per heavy atom. The lowest BCUT2D eigenvalue weighted by Gasteiger charge is -2.02. The number of hydrogen-bond acceptors (Lipinski definition) is 4. The third-order valence-corrected chi connectivity index (χ3v) is 2.39. The van der Waals surface area contributed by atoms with Crippen molar-refractivity contribution >= 4 is 31.2 Å². The van der Waals surface area contributed by atoms with Crippen molar-refractivity contribution in [3.63, 3.8) is 0 Å². The van der Waals surface area contributed by atoms with E-state index in [1.165, 1.54) is 19.3 Å². The topological polar surface area (TPSA) is 26.3 Å². The molecular weight excluding hydrogens is 216 g/mol. The molecule has 14 heavy (non-hydrogen) atoms. The van der Waals surface area contributed by atoms with E-state index < -0.39 is 0 Å². The number of esters is 1. The van der Waals surface area contributed by atoms with Crippen molar-refractivity contribution in [1.82, 2.24) is 0 Å². The molecule has 0 unspecified atom stereocenters. The van der Waals surface area contributed by atoms with Crippen molar-refractivity contribution in [2.24, 2.45) is 0 Å². The van der Waals surface area contributed by atoms with Crippen LogP contribution < -0.4 is 0 Å². The molecule has 2 nitrogen and oxygen atoms in total. The largest absolute Gasteiger partial charge is 0.465 e. The molecule has 0 aliphatic heterocycles. The van der Waals surface area contributed by atoms with Crippen molar-refractivity contribution in [2.45, 2.75) is 38.5 Å². The molecule has 0 aromatic carbocycles. The van der Waals surface area contributed by atoms with Crippen LogP contribution in [0.4, 0.5) is 0 Å². The highest BCUT2D eigenvalue weighted by molar-refractivity contribution is 7.80. The van der Waals surface area contributed by atoms with Gasteiger partial charge in [0.1, 0.15) is 6.61 Å². The molecule has 0 radical (unpaired) electrons. The first-order valence-electron chi connectivity index (χ1n) is 5.18. The predicted octanol–water partition coefficient (Wildman–Crippen LogP) is 2.73. The number of thiol groups is 2. The van der Waals surface area contributed by atoms with Crippen LogP contribution in [-0.4, -0.2) is 24.1 Å². The molecule has 0 bridgehead atoms. The van der Waals surface area contributed by atoms with E-state index in [-0.39, 0.29) is 5.97 Å².